The number of amides is 1. The van der Waals surface area contributed by atoms with Crippen LogP contribution < -0.4 is 10.5 Å². The van der Waals surface area contributed by atoms with Gasteiger partial charge in [0.15, 0.2) is 5.78 Å². The van der Waals surface area contributed by atoms with E-state index in [0.29, 0.717) is 40.9 Å². The van der Waals surface area contributed by atoms with E-state index in [9.17, 15) is 9.59 Å². The number of nitrogens with two attached hydrogens (primary N) is 1. The van der Waals surface area contributed by atoms with Gasteiger partial charge in [-0.05, 0) is 69.5 Å². The van der Waals surface area contributed by atoms with Gasteiger partial charge in [0, 0.05) is 29.6 Å². The zero-order valence-corrected chi connectivity index (χ0v) is 20.5. The van der Waals surface area contributed by atoms with E-state index >= 15 is 0 Å². The van der Waals surface area contributed by atoms with Crippen LogP contribution in [0.2, 0.25) is 10.0 Å². The summed E-state index contributed by atoms with van der Waals surface area (Å²) in [5, 5.41) is 0.698. The molecule has 2 heterocycles. The first kappa shape index (κ1) is 23.9. The van der Waals surface area contributed by atoms with E-state index in [1.807, 2.05) is 39.0 Å². The summed E-state index contributed by atoms with van der Waals surface area (Å²) in [6.07, 6.45) is 1.21. The lowest BCUT2D eigenvalue weighted by atomic mass is 9.74. The second-order valence-electron chi connectivity index (χ2n) is 9.76. The summed E-state index contributed by atoms with van der Waals surface area (Å²) in [6.45, 7) is 7.29. The number of carbonyl (C=O) groups is 2. The minimum atomic E-state index is -0.841. The molecule has 2 aromatic rings. The number of Topliss-reactive ketones (excluding diaryl/α,β-unsaturated/α-hetero) is 1. The fourth-order valence-corrected chi connectivity index (χ4v) is 4.71. The van der Waals surface area contributed by atoms with Gasteiger partial charge in [0.25, 0.3) is 0 Å². The third kappa shape index (κ3) is 4.84. The van der Waals surface area contributed by atoms with Crippen LogP contribution in [-0.4, -0.2) is 42.1 Å². The van der Waals surface area contributed by atoms with E-state index in [2.05, 4.69) is 0 Å². The number of ketones is 1. The minimum Gasteiger partial charge on any atom is -0.492 e. The highest BCUT2D eigenvalue weighted by atomic mass is 35.5. The lowest BCUT2D eigenvalue weighted by Gasteiger charge is -2.39. The zero-order valence-electron chi connectivity index (χ0n) is 19.0. The number of hydrogen-bond donors (Lipinski definition) is 1. The molecule has 2 aliphatic heterocycles. The summed E-state index contributed by atoms with van der Waals surface area (Å²) in [5.74, 6) is 0.569. The van der Waals surface area contributed by atoms with Gasteiger partial charge in [-0.2, -0.15) is 0 Å². The topological polar surface area (TPSA) is 81.9 Å². The van der Waals surface area contributed by atoms with E-state index in [4.69, 9.17) is 38.4 Å². The molecule has 1 saturated heterocycles. The maximum absolute atomic E-state index is 13.0. The fraction of sp³-hybridized carbons (Fsp3) is 0.440. The molecule has 0 aromatic heterocycles. The molecule has 2 aromatic carbocycles. The molecular formula is C25H28Cl2N2O4. The summed E-state index contributed by atoms with van der Waals surface area (Å²) >= 11 is 12.0. The highest BCUT2D eigenvalue weighted by molar-refractivity contribution is 6.42. The van der Waals surface area contributed by atoms with Crippen molar-refractivity contribution in [3.63, 3.8) is 0 Å². The Morgan fingerprint density at radius 2 is 1.79 bits per heavy atom. The molecule has 1 amide bonds. The molecule has 2 aliphatic rings. The Morgan fingerprint density at radius 1 is 1.09 bits per heavy atom. The summed E-state index contributed by atoms with van der Waals surface area (Å²) in [7, 11) is 0. The second kappa shape index (κ2) is 8.82. The third-order valence-corrected chi connectivity index (χ3v) is 7.04. The largest absolute Gasteiger partial charge is 0.492 e. The van der Waals surface area contributed by atoms with Crippen LogP contribution in [0.15, 0.2) is 36.4 Å². The smallest absolute Gasteiger partial charge is 0.410 e. The molecule has 176 valence electrons. The number of piperidine rings is 1. The Hall–Kier alpha value is -2.28. The molecule has 33 heavy (non-hydrogen) atoms. The Morgan fingerprint density at radius 3 is 2.42 bits per heavy atom. The predicted octanol–water partition coefficient (Wildman–Crippen LogP) is 5.54. The summed E-state index contributed by atoms with van der Waals surface area (Å²) < 4.78 is 11.5. The lowest BCUT2D eigenvalue weighted by molar-refractivity contribution is 0.0152. The van der Waals surface area contributed by atoms with E-state index in [1.165, 1.54) is 6.07 Å². The second-order valence-corrected chi connectivity index (χ2v) is 10.6. The first-order valence-electron chi connectivity index (χ1n) is 11.0. The number of halogens is 2. The molecule has 1 fully saturated rings. The first-order valence-corrected chi connectivity index (χ1v) is 11.7. The average Bonchev–Trinajstić information content (AvgIpc) is 3.11. The SMILES string of the molecule is CC(C)(C)OC(=O)N1CCC2(CC1)COc1ccc(C(N)C(=O)c3ccc(Cl)c(Cl)c3)cc12. The number of benzene rings is 2. The zero-order chi connectivity index (χ0) is 24.0. The number of fused-ring (bicyclic) bond motifs is 2. The fourth-order valence-electron chi connectivity index (χ4n) is 4.41. The highest BCUT2D eigenvalue weighted by Crippen LogP contribution is 2.46. The first-order chi connectivity index (χ1) is 15.5. The van der Waals surface area contributed by atoms with Crippen molar-refractivity contribution in [3.05, 3.63) is 63.1 Å². The number of nitrogens with zero attached hydrogens (tertiary/aromatic N) is 1. The molecule has 4 rings (SSSR count). The van der Waals surface area contributed by atoms with Gasteiger partial charge in [0.1, 0.15) is 11.4 Å². The van der Waals surface area contributed by atoms with Gasteiger partial charge < -0.3 is 20.1 Å². The third-order valence-electron chi connectivity index (χ3n) is 6.30. The Labute approximate surface area is 203 Å². The summed E-state index contributed by atoms with van der Waals surface area (Å²) in [4.78, 5) is 27.2. The highest BCUT2D eigenvalue weighted by Gasteiger charge is 2.44. The summed E-state index contributed by atoms with van der Waals surface area (Å²) in [6, 6.07) is 9.60. The lowest BCUT2D eigenvalue weighted by Crippen LogP contribution is -2.47. The van der Waals surface area contributed by atoms with Crippen molar-refractivity contribution in [2.45, 2.75) is 50.7 Å². The van der Waals surface area contributed by atoms with Gasteiger partial charge in [0.2, 0.25) is 0 Å². The molecule has 6 nitrogen and oxygen atoms in total. The van der Waals surface area contributed by atoms with Crippen LogP contribution in [0.1, 0.15) is 61.1 Å². The number of likely N-dealkylation sites (tertiary alicyclic amines) is 1. The molecule has 1 unspecified atom stereocenters. The molecule has 0 radical (unpaired) electrons. The molecule has 1 spiro atoms. The number of ether oxygens (including phenoxy) is 2. The maximum atomic E-state index is 13.0. The van der Waals surface area contributed by atoms with Crippen molar-refractivity contribution in [2.24, 2.45) is 5.73 Å². The standard InChI is InChI=1S/C25H28Cl2N2O4/c1-24(2,3)33-23(31)29-10-8-25(9-11-29)14-32-20-7-5-15(12-17(20)25)21(28)22(30)16-4-6-18(26)19(27)13-16/h4-7,12-13,21H,8-11,14,28H2,1-3H3. The Kier molecular flexibility index (Phi) is 6.38. The maximum Gasteiger partial charge on any atom is 0.410 e. The van der Waals surface area contributed by atoms with E-state index in [-0.39, 0.29) is 17.3 Å². The number of rotatable bonds is 3. The van der Waals surface area contributed by atoms with Gasteiger partial charge in [0.05, 0.1) is 22.7 Å². The quantitative estimate of drug-likeness (QED) is 0.571. The normalized spacial score (nSPS) is 17.9. The van der Waals surface area contributed by atoms with Crippen LogP contribution in [0.4, 0.5) is 4.79 Å². The van der Waals surface area contributed by atoms with Crippen molar-refractivity contribution >= 4 is 35.1 Å². The number of carbonyl (C=O) groups excluding carboxylic acids is 2. The Balaban J connectivity index is 1.52. The van der Waals surface area contributed by atoms with Gasteiger partial charge in [-0.3, -0.25) is 4.79 Å². The molecule has 0 saturated carbocycles. The predicted molar refractivity (Wildman–Crippen MR) is 128 cm³/mol. The van der Waals surface area contributed by atoms with Gasteiger partial charge >= 0.3 is 6.09 Å². The molecule has 8 heteroatoms. The van der Waals surface area contributed by atoms with E-state index in [0.717, 1.165) is 24.2 Å². The van der Waals surface area contributed by atoms with E-state index in [1.54, 1.807) is 17.0 Å². The average molecular weight is 491 g/mol. The van der Waals surface area contributed by atoms with Crippen molar-refractivity contribution in [2.75, 3.05) is 19.7 Å². The monoisotopic (exact) mass is 490 g/mol. The molecule has 2 N–H and O–H groups in total. The Bertz CT molecular complexity index is 1090. The van der Waals surface area contributed by atoms with Gasteiger partial charge in [-0.1, -0.05) is 29.3 Å². The van der Waals surface area contributed by atoms with E-state index < -0.39 is 11.6 Å². The molecular weight excluding hydrogens is 463 g/mol. The van der Waals surface area contributed by atoms with Crippen LogP contribution in [0.25, 0.3) is 0 Å². The molecule has 0 aliphatic carbocycles. The summed E-state index contributed by atoms with van der Waals surface area (Å²) in [5.41, 5.74) is 7.78. The molecule has 0 bridgehead atoms. The van der Waals surface area contributed by atoms with Gasteiger partial charge in [-0.25, -0.2) is 4.79 Å². The van der Waals surface area contributed by atoms with Crippen molar-refractivity contribution in [1.82, 2.24) is 4.90 Å². The van der Waals surface area contributed by atoms with Gasteiger partial charge in [-0.15, -0.1) is 0 Å². The van der Waals surface area contributed by atoms with Crippen LogP contribution in [-0.2, 0) is 10.2 Å². The number of hydrogen-bond acceptors (Lipinski definition) is 5. The van der Waals surface area contributed by atoms with Crippen LogP contribution in [0, 0.1) is 0 Å². The van der Waals surface area contributed by atoms with Crippen molar-refractivity contribution < 1.29 is 19.1 Å². The van der Waals surface area contributed by atoms with Crippen LogP contribution >= 0.6 is 23.2 Å². The van der Waals surface area contributed by atoms with Crippen LogP contribution in [0.3, 0.4) is 0 Å². The minimum absolute atomic E-state index is 0.212. The van der Waals surface area contributed by atoms with Crippen molar-refractivity contribution in [3.8, 4) is 5.75 Å². The molecule has 1 atom stereocenters. The van der Waals surface area contributed by atoms with Crippen LogP contribution in [0.5, 0.6) is 5.75 Å². The van der Waals surface area contributed by atoms with Crippen molar-refractivity contribution in [1.29, 1.82) is 0 Å².